The Balaban J connectivity index is 2.03. The van der Waals surface area contributed by atoms with Crippen LogP contribution in [0.15, 0.2) is 16.7 Å². The average Bonchev–Trinajstić information content (AvgIpc) is 2.58. The molecule has 0 radical (unpaired) electrons. The van der Waals surface area contributed by atoms with Gasteiger partial charge in [-0.3, -0.25) is 4.98 Å². The van der Waals surface area contributed by atoms with Gasteiger partial charge in [0.05, 0.1) is 0 Å². The first-order valence-electron chi connectivity index (χ1n) is 5.66. The molecular formula is C12H15BrN2. The van der Waals surface area contributed by atoms with Crippen LogP contribution in [-0.4, -0.2) is 18.1 Å². The fourth-order valence-electron chi connectivity index (χ4n) is 3.03. The normalized spacial score (nSPS) is 23.0. The summed E-state index contributed by atoms with van der Waals surface area (Å²) < 4.78 is 1.12. The molecule has 2 heterocycles. The minimum atomic E-state index is 0.404. The fourth-order valence-corrected chi connectivity index (χ4v) is 3.41. The second kappa shape index (κ2) is 3.56. The highest BCUT2D eigenvalue weighted by molar-refractivity contribution is 9.10. The highest BCUT2D eigenvalue weighted by atomic mass is 79.9. The summed E-state index contributed by atoms with van der Waals surface area (Å²) in [4.78, 5) is 4.66. The van der Waals surface area contributed by atoms with E-state index in [1.807, 2.05) is 6.20 Å². The van der Waals surface area contributed by atoms with Gasteiger partial charge in [-0.05, 0) is 66.3 Å². The van der Waals surface area contributed by atoms with Gasteiger partial charge >= 0.3 is 0 Å². The largest absolute Gasteiger partial charge is 0.317 e. The van der Waals surface area contributed by atoms with Gasteiger partial charge in [0.25, 0.3) is 0 Å². The highest BCUT2D eigenvalue weighted by Gasteiger charge is 2.40. The predicted molar refractivity (Wildman–Crippen MR) is 64.0 cm³/mol. The Morgan fingerprint density at radius 2 is 2.07 bits per heavy atom. The molecule has 1 aliphatic carbocycles. The van der Waals surface area contributed by atoms with Crippen LogP contribution in [0.4, 0.5) is 0 Å². The Bertz CT molecular complexity index is 383. The molecule has 0 amide bonds. The monoisotopic (exact) mass is 266 g/mol. The number of rotatable bonds is 0. The van der Waals surface area contributed by atoms with Gasteiger partial charge in [-0.2, -0.15) is 0 Å². The van der Waals surface area contributed by atoms with Crippen LogP contribution in [0.25, 0.3) is 0 Å². The maximum Gasteiger partial charge on any atom is 0.0499 e. The van der Waals surface area contributed by atoms with Gasteiger partial charge in [-0.1, -0.05) is 0 Å². The van der Waals surface area contributed by atoms with Crippen LogP contribution < -0.4 is 5.32 Å². The third-order valence-electron chi connectivity index (χ3n) is 3.87. The molecule has 1 spiro atoms. The molecule has 0 bridgehead atoms. The molecule has 15 heavy (non-hydrogen) atoms. The molecule has 1 aromatic rings. The maximum absolute atomic E-state index is 4.66. The second-order valence-electron chi connectivity index (χ2n) is 4.69. The smallest absolute Gasteiger partial charge is 0.0499 e. The van der Waals surface area contributed by atoms with Crippen molar-refractivity contribution in [3.8, 4) is 0 Å². The SMILES string of the molecule is Brc1cnc2c(c1)CCC21CCNCC1. The molecule has 80 valence electrons. The third-order valence-corrected chi connectivity index (χ3v) is 4.30. The van der Waals surface area contributed by atoms with Gasteiger partial charge in [0, 0.05) is 21.8 Å². The Kier molecular flexibility index (Phi) is 2.33. The van der Waals surface area contributed by atoms with Gasteiger partial charge in [0.2, 0.25) is 0 Å². The third kappa shape index (κ3) is 1.53. The van der Waals surface area contributed by atoms with Crippen LogP contribution in [0.1, 0.15) is 30.5 Å². The van der Waals surface area contributed by atoms with E-state index in [-0.39, 0.29) is 0 Å². The number of fused-ring (bicyclic) bond motifs is 2. The van der Waals surface area contributed by atoms with Crippen molar-refractivity contribution in [1.82, 2.24) is 10.3 Å². The van der Waals surface area contributed by atoms with Crippen molar-refractivity contribution in [3.05, 3.63) is 28.0 Å². The van der Waals surface area contributed by atoms with Gasteiger partial charge in [0.15, 0.2) is 0 Å². The maximum atomic E-state index is 4.66. The molecule has 1 aliphatic heterocycles. The summed E-state index contributed by atoms with van der Waals surface area (Å²) >= 11 is 3.50. The van der Waals surface area contributed by atoms with E-state index in [1.54, 1.807) is 0 Å². The van der Waals surface area contributed by atoms with Crippen molar-refractivity contribution in [2.24, 2.45) is 0 Å². The zero-order valence-corrected chi connectivity index (χ0v) is 10.3. The van der Waals surface area contributed by atoms with Crippen molar-refractivity contribution in [1.29, 1.82) is 0 Å². The number of aromatic nitrogens is 1. The van der Waals surface area contributed by atoms with Crippen LogP contribution >= 0.6 is 15.9 Å². The first-order valence-corrected chi connectivity index (χ1v) is 6.45. The van der Waals surface area contributed by atoms with Crippen molar-refractivity contribution >= 4 is 15.9 Å². The Hall–Kier alpha value is -0.410. The lowest BCUT2D eigenvalue weighted by atomic mass is 9.77. The summed E-state index contributed by atoms with van der Waals surface area (Å²) in [5.41, 5.74) is 3.25. The van der Waals surface area contributed by atoms with Crippen LogP contribution in [-0.2, 0) is 11.8 Å². The van der Waals surface area contributed by atoms with Crippen LogP contribution in [0.5, 0.6) is 0 Å². The van der Waals surface area contributed by atoms with Crippen molar-refractivity contribution in [3.63, 3.8) is 0 Å². The Morgan fingerprint density at radius 3 is 2.87 bits per heavy atom. The van der Waals surface area contributed by atoms with Crippen molar-refractivity contribution in [2.75, 3.05) is 13.1 Å². The Labute approximate surface area is 98.6 Å². The molecule has 0 unspecified atom stereocenters. The number of nitrogens with one attached hydrogen (secondary N) is 1. The standard InChI is InChI=1S/C12H15BrN2/c13-10-7-9-1-2-12(11(9)15-8-10)3-5-14-6-4-12/h7-8,14H,1-6H2. The number of halogens is 1. The number of nitrogens with zero attached hydrogens (tertiary/aromatic N) is 1. The molecule has 2 aliphatic rings. The lowest BCUT2D eigenvalue weighted by Gasteiger charge is -2.33. The van der Waals surface area contributed by atoms with E-state index in [0.717, 1.165) is 17.6 Å². The summed E-state index contributed by atoms with van der Waals surface area (Å²) in [6.45, 7) is 2.30. The van der Waals surface area contributed by atoms with E-state index in [1.165, 1.54) is 36.9 Å². The zero-order chi connectivity index (χ0) is 10.3. The lowest BCUT2D eigenvalue weighted by Crippen LogP contribution is -2.38. The van der Waals surface area contributed by atoms with E-state index >= 15 is 0 Å². The van der Waals surface area contributed by atoms with Crippen LogP contribution in [0, 0.1) is 0 Å². The number of pyridine rings is 1. The Morgan fingerprint density at radius 1 is 1.27 bits per heavy atom. The quantitative estimate of drug-likeness (QED) is 0.780. The molecule has 3 heteroatoms. The minimum absolute atomic E-state index is 0.404. The van der Waals surface area contributed by atoms with Crippen molar-refractivity contribution in [2.45, 2.75) is 31.1 Å². The van der Waals surface area contributed by atoms with Crippen molar-refractivity contribution < 1.29 is 0 Å². The molecule has 3 rings (SSSR count). The molecule has 0 atom stereocenters. The first-order chi connectivity index (χ1) is 7.30. The highest BCUT2D eigenvalue weighted by Crippen LogP contribution is 2.44. The molecule has 0 aromatic carbocycles. The van der Waals surface area contributed by atoms with Crippen LogP contribution in [0.3, 0.4) is 0 Å². The summed E-state index contributed by atoms with van der Waals surface area (Å²) in [5.74, 6) is 0. The second-order valence-corrected chi connectivity index (χ2v) is 5.61. The number of hydrogen-bond acceptors (Lipinski definition) is 2. The molecule has 0 saturated carbocycles. The number of hydrogen-bond donors (Lipinski definition) is 1. The minimum Gasteiger partial charge on any atom is -0.317 e. The molecule has 1 fully saturated rings. The topological polar surface area (TPSA) is 24.9 Å². The van der Waals surface area contributed by atoms with E-state index < -0.39 is 0 Å². The molecule has 2 nitrogen and oxygen atoms in total. The van der Waals surface area contributed by atoms with Gasteiger partial charge in [0.1, 0.15) is 0 Å². The van der Waals surface area contributed by atoms with E-state index in [4.69, 9.17) is 0 Å². The molecular weight excluding hydrogens is 252 g/mol. The van der Waals surface area contributed by atoms with E-state index in [2.05, 4.69) is 32.3 Å². The van der Waals surface area contributed by atoms with Gasteiger partial charge in [-0.25, -0.2) is 0 Å². The predicted octanol–water partition coefficient (Wildman–Crippen LogP) is 2.41. The fraction of sp³-hybridized carbons (Fsp3) is 0.583. The van der Waals surface area contributed by atoms with Gasteiger partial charge in [-0.15, -0.1) is 0 Å². The zero-order valence-electron chi connectivity index (χ0n) is 8.72. The molecule has 1 saturated heterocycles. The summed E-state index contributed by atoms with van der Waals surface area (Å²) in [6.07, 6.45) is 6.98. The summed E-state index contributed by atoms with van der Waals surface area (Å²) in [5, 5.41) is 3.44. The number of piperidine rings is 1. The number of aryl methyl sites for hydroxylation is 1. The summed E-state index contributed by atoms with van der Waals surface area (Å²) in [7, 11) is 0. The van der Waals surface area contributed by atoms with E-state index in [9.17, 15) is 0 Å². The lowest BCUT2D eigenvalue weighted by molar-refractivity contribution is 0.300. The van der Waals surface area contributed by atoms with E-state index in [0.29, 0.717) is 5.41 Å². The van der Waals surface area contributed by atoms with Gasteiger partial charge < -0.3 is 5.32 Å². The molecule has 1 aromatic heterocycles. The summed E-state index contributed by atoms with van der Waals surface area (Å²) in [6, 6.07) is 2.25. The molecule has 1 N–H and O–H groups in total. The first kappa shape index (κ1) is 9.79. The van der Waals surface area contributed by atoms with Crippen LogP contribution in [0.2, 0.25) is 0 Å². The average molecular weight is 267 g/mol.